The summed E-state index contributed by atoms with van der Waals surface area (Å²) in [6, 6.07) is 8.31. The van der Waals surface area contributed by atoms with Crippen LogP contribution < -0.4 is 5.73 Å². The van der Waals surface area contributed by atoms with Crippen molar-refractivity contribution < 1.29 is 0 Å². The summed E-state index contributed by atoms with van der Waals surface area (Å²) >= 11 is 1.80. The number of halogens is 1. The molecule has 1 aromatic carbocycles. The molecular formula is C10H13ClN2S. The maximum Gasteiger partial charge on any atom is 0.0465 e. The molecule has 14 heavy (non-hydrogen) atoms. The molecule has 3 N–H and O–H groups in total. The van der Waals surface area contributed by atoms with Crippen LogP contribution in [0.2, 0.25) is 0 Å². The second kappa shape index (κ2) is 5.29. The molecule has 0 aliphatic heterocycles. The molecule has 2 rings (SSSR count). The zero-order valence-corrected chi connectivity index (χ0v) is 9.33. The molecule has 0 saturated heterocycles. The molecule has 76 valence electrons. The van der Waals surface area contributed by atoms with Crippen LogP contribution in [0.4, 0.5) is 0 Å². The van der Waals surface area contributed by atoms with Crippen molar-refractivity contribution in [2.24, 2.45) is 5.73 Å². The number of para-hydroxylation sites is 1. The molecule has 0 bridgehead atoms. The fraction of sp³-hybridized carbons (Fsp3) is 0.200. The van der Waals surface area contributed by atoms with Crippen molar-refractivity contribution in [1.29, 1.82) is 0 Å². The van der Waals surface area contributed by atoms with Gasteiger partial charge in [-0.15, -0.1) is 24.2 Å². The van der Waals surface area contributed by atoms with E-state index >= 15 is 0 Å². The second-order valence-electron chi connectivity index (χ2n) is 2.84. The lowest BCUT2D eigenvalue weighted by atomic mass is 10.2. The van der Waals surface area contributed by atoms with Gasteiger partial charge in [0.2, 0.25) is 0 Å². The number of H-pyrrole nitrogens is 1. The molecule has 4 heteroatoms. The van der Waals surface area contributed by atoms with Gasteiger partial charge in [0.1, 0.15) is 0 Å². The fourth-order valence-electron chi connectivity index (χ4n) is 1.33. The number of thioether (sulfide) groups is 1. The minimum atomic E-state index is 0. The van der Waals surface area contributed by atoms with Gasteiger partial charge in [-0.1, -0.05) is 18.2 Å². The Bertz CT molecular complexity index is 400. The van der Waals surface area contributed by atoms with E-state index < -0.39 is 0 Å². The molecule has 1 heterocycles. The lowest BCUT2D eigenvalue weighted by molar-refractivity contribution is 1.15. The van der Waals surface area contributed by atoms with Gasteiger partial charge in [-0.2, -0.15) is 0 Å². The maximum absolute atomic E-state index is 5.46. The van der Waals surface area contributed by atoms with E-state index in [1.165, 1.54) is 15.8 Å². The van der Waals surface area contributed by atoms with Crippen LogP contribution in [0.1, 0.15) is 0 Å². The lowest BCUT2D eigenvalue weighted by Crippen LogP contribution is -2.00. The van der Waals surface area contributed by atoms with Crippen LogP contribution in [0.3, 0.4) is 0 Å². The normalized spacial score (nSPS) is 10.1. The van der Waals surface area contributed by atoms with E-state index in [1.807, 2.05) is 12.3 Å². The minimum Gasteiger partial charge on any atom is -0.360 e. The number of aromatic amines is 1. The molecule has 0 fully saturated rings. The van der Waals surface area contributed by atoms with Gasteiger partial charge < -0.3 is 10.7 Å². The van der Waals surface area contributed by atoms with Crippen molar-refractivity contribution in [2.75, 3.05) is 12.3 Å². The number of benzene rings is 1. The summed E-state index contributed by atoms with van der Waals surface area (Å²) in [5.41, 5.74) is 6.65. The second-order valence-corrected chi connectivity index (χ2v) is 3.97. The lowest BCUT2D eigenvalue weighted by Gasteiger charge is -1.95. The van der Waals surface area contributed by atoms with Crippen molar-refractivity contribution in [3.8, 4) is 0 Å². The first-order chi connectivity index (χ1) is 6.42. The van der Waals surface area contributed by atoms with Gasteiger partial charge in [-0.05, 0) is 6.07 Å². The van der Waals surface area contributed by atoms with E-state index in [-0.39, 0.29) is 12.4 Å². The predicted molar refractivity (Wildman–Crippen MR) is 65.3 cm³/mol. The molecule has 2 nitrogen and oxygen atoms in total. The van der Waals surface area contributed by atoms with Gasteiger partial charge >= 0.3 is 0 Å². The molecular weight excluding hydrogens is 216 g/mol. The Morgan fingerprint density at radius 1 is 1.29 bits per heavy atom. The quantitative estimate of drug-likeness (QED) is 0.794. The SMILES string of the molecule is Cl.NCCSc1c[nH]c2ccccc12. The summed E-state index contributed by atoms with van der Waals surface area (Å²) in [5, 5.41) is 1.29. The van der Waals surface area contributed by atoms with E-state index in [9.17, 15) is 0 Å². The van der Waals surface area contributed by atoms with Crippen molar-refractivity contribution in [1.82, 2.24) is 4.98 Å². The van der Waals surface area contributed by atoms with E-state index in [0.717, 1.165) is 12.3 Å². The Hall–Kier alpha value is -0.640. The standard InChI is InChI=1S/C10H12N2S.ClH/c11-5-6-13-10-7-12-9-4-2-1-3-8(9)10;/h1-4,7,12H,5-6,11H2;1H. The number of rotatable bonds is 3. The highest BCUT2D eigenvalue weighted by atomic mass is 35.5. The summed E-state index contributed by atoms with van der Waals surface area (Å²) in [5.74, 6) is 0.974. The first-order valence-electron chi connectivity index (χ1n) is 4.31. The van der Waals surface area contributed by atoms with Crippen LogP contribution in [0.5, 0.6) is 0 Å². The summed E-state index contributed by atoms with van der Waals surface area (Å²) in [6.07, 6.45) is 2.05. The van der Waals surface area contributed by atoms with Gasteiger partial charge in [-0.3, -0.25) is 0 Å². The van der Waals surface area contributed by atoms with Crippen molar-refractivity contribution in [3.05, 3.63) is 30.5 Å². The minimum absolute atomic E-state index is 0. The molecule has 0 radical (unpaired) electrons. The molecule has 0 atom stereocenters. The highest BCUT2D eigenvalue weighted by Crippen LogP contribution is 2.26. The molecule has 0 aliphatic rings. The van der Waals surface area contributed by atoms with Crippen LogP contribution in [0.25, 0.3) is 10.9 Å². The largest absolute Gasteiger partial charge is 0.360 e. The molecule has 0 aliphatic carbocycles. The third-order valence-electron chi connectivity index (χ3n) is 1.93. The maximum atomic E-state index is 5.46. The van der Waals surface area contributed by atoms with Crippen molar-refractivity contribution >= 4 is 35.1 Å². The predicted octanol–water partition coefficient (Wildman–Crippen LogP) is 2.64. The van der Waals surface area contributed by atoms with Crippen LogP contribution >= 0.6 is 24.2 Å². The van der Waals surface area contributed by atoms with Gasteiger partial charge in [0.15, 0.2) is 0 Å². The van der Waals surface area contributed by atoms with Crippen LogP contribution in [0, 0.1) is 0 Å². The first kappa shape index (κ1) is 11.4. The smallest absolute Gasteiger partial charge is 0.0465 e. The summed E-state index contributed by atoms with van der Waals surface area (Å²) in [6.45, 7) is 0.726. The topological polar surface area (TPSA) is 41.8 Å². The first-order valence-corrected chi connectivity index (χ1v) is 5.29. The molecule has 2 aromatic rings. The Balaban J connectivity index is 0.000000980. The van der Waals surface area contributed by atoms with Crippen LogP contribution in [-0.2, 0) is 0 Å². The molecule has 1 aromatic heterocycles. The number of fused-ring (bicyclic) bond motifs is 1. The average molecular weight is 229 g/mol. The van der Waals surface area contributed by atoms with Gasteiger partial charge in [0.25, 0.3) is 0 Å². The highest BCUT2D eigenvalue weighted by Gasteiger charge is 2.01. The molecule has 0 unspecified atom stereocenters. The number of hydrogen-bond acceptors (Lipinski definition) is 2. The van der Waals surface area contributed by atoms with E-state index in [4.69, 9.17) is 5.73 Å². The van der Waals surface area contributed by atoms with Crippen LogP contribution in [0.15, 0.2) is 35.4 Å². The van der Waals surface area contributed by atoms with E-state index in [1.54, 1.807) is 11.8 Å². The number of hydrogen-bond donors (Lipinski definition) is 2. The number of nitrogens with two attached hydrogens (primary N) is 1. The van der Waals surface area contributed by atoms with Crippen molar-refractivity contribution in [3.63, 3.8) is 0 Å². The molecule has 0 spiro atoms. The van der Waals surface area contributed by atoms with Gasteiger partial charge in [0.05, 0.1) is 0 Å². The Labute approximate surface area is 93.7 Å². The monoisotopic (exact) mass is 228 g/mol. The highest BCUT2D eigenvalue weighted by molar-refractivity contribution is 7.99. The fourth-order valence-corrected chi connectivity index (χ4v) is 2.15. The Kier molecular flexibility index (Phi) is 4.32. The van der Waals surface area contributed by atoms with E-state index in [0.29, 0.717) is 0 Å². The average Bonchev–Trinajstić information content (AvgIpc) is 2.58. The van der Waals surface area contributed by atoms with Gasteiger partial charge in [0, 0.05) is 34.3 Å². The van der Waals surface area contributed by atoms with Gasteiger partial charge in [-0.25, -0.2) is 0 Å². The summed E-state index contributed by atoms with van der Waals surface area (Å²) < 4.78 is 0. The zero-order valence-electron chi connectivity index (χ0n) is 7.69. The zero-order chi connectivity index (χ0) is 9.10. The Morgan fingerprint density at radius 2 is 2.07 bits per heavy atom. The molecule has 0 saturated carbocycles. The van der Waals surface area contributed by atoms with E-state index in [2.05, 4.69) is 23.2 Å². The summed E-state index contributed by atoms with van der Waals surface area (Å²) in [4.78, 5) is 4.53. The van der Waals surface area contributed by atoms with Crippen LogP contribution in [-0.4, -0.2) is 17.3 Å². The third kappa shape index (κ3) is 2.23. The Morgan fingerprint density at radius 3 is 2.86 bits per heavy atom. The summed E-state index contributed by atoms with van der Waals surface area (Å²) in [7, 11) is 0. The third-order valence-corrected chi connectivity index (χ3v) is 3.02. The molecule has 0 amide bonds. The number of nitrogens with one attached hydrogen (secondary N) is 1. The van der Waals surface area contributed by atoms with Crippen molar-refractivity contribution in [2.45, 2.75) is 4.90 Å². The number of aromatic nitrogens is 1.